The molecule has 1 fully saturated rings. The molecule has 1 aliphatic rings. The van der Waals surface area contributed by atoms with E-state index in [1.54, 1.807) is 31.2 Å². The molecule has 1 unspecified atom stereocenters. The highest BCUT2D eigenvalue weighted by molar-refractivity contribution is 7.52. The van der Waals surface area contributed by atoms with Gasteiger partial charge in [0.2, 0.25) is 5.91 Å². The van der Waals surface area contributed by atoms with Gasteiger partial charge in [-0.3, -0.25) is 28.5 Å². The summed E-state index contributed by atoms with van der Waals surface area (Å²) in [5.74, 6) is 4.83. The maximum Gasteiger partial charge on any atom is 0.459 e. The summed E-state index contributed by atoms with van der Waals surface area (Å²) in [7, 11) is -4.31. The number of fused-ring (bicyclic) bond motifs is 1. The number of H-pyrrole nitrogens is 1. The predicted molar refractivity (Wildman–Crippen MR) is 186 cm³/mol. The van der Waals surface area contributed by atoms with Gasteiger partial charge in [0.1, 0.15) is 29.7 Å². The summed E-state index contributed by atoms with van der Waals surface area (Å²) in [6.07, 6.45) is 3.42. The molecule has 0 radical (unpaired) electrons. The summed E-state index contributed by atoms with van der Waals surface area (Å²) in [6.45, 7) is 4.89. The van der Waals surface area contributed by atoms with Gasteiger partial charge in [-0.25, -0.2) is 9.36 Å². The molecular weight excluding hydrogens is 667 g/mol. The van der Waals surface area contributed by atoms with Crippen LogP contribution in [0, 0.1) is 11.8 Å². The third-order valence-corrected chi connectivity index (χ3v) is 9.59. The molecule has 270 valence electrons. The lowest BCUT2D eigenvalue weighted by molar-refractivity contribution is -0.144. The molecule has 1 saturated heterocycles. The largest absolute Gasteiger partial charge is 0.465 e. The van der Waals surface area contributed by atoms with Crippen molar-refractivity contribution in [2.45, 2.75) is 90.2 Å². The van der Waals surface area contributed by atoms with E-state index in [0.29, 0.717) is 11.8 Å². The molecule has 4 N–H and O–H groups in total. The Morgan fingerprint density at radius 2 is 1.88 bits per heavy atom. The van der Waals surface area contributed by atoms with Gasteiger partial charge in [-0.1, -0.05) is 80.8 Å². The number of rotatable bonds is 17. The maximum absolute atomic E-state index is 14.1. The van der Waals surface area contributed by atoms with Crippen LogP contribution in [0.4, 0.5) is 0 Å². The minimum absolute atomic E-state index is 0.0220. The molecule has 0 saturated carbocycles. The molecule has 1 aromatic heterocycles. The number of carbonyl (C=O) groups excluding carboxylic acids is 2. The Labute approximate surface area is 290 Å². The third kappa shape index (κ3) is 10.9. The number of carbonyl (C=O) groups is 2. The van der Waals surface area contributed by atoms with Crippen LogP contribution >= 0.6 is 7.75 Å². The Morgan fingerprint density at radius 1 is 1.12 bits per heavy atom. The molecule has 0 spiro atoms. The average Bonchev–Trinajstić information content (AvgIpc) is 3.46. The van der Waals surface area contributed by atoms with Crippen LogP contribution in [0.2, 0.25) is 0 Å². The smallest absolute Gasteiger partial charge is 0.459 e. The van der Waals surface area contributed by atoms with E-state index in [1.165, 1.54) is 13.1 Å². The number of aliphatic hydroxyl groups is 1. The van der Waals surface area contributed by atoms with Gasteiger partial charge in [-0.05, 0) is 31.7 Å². The molecule has 14 nitrogen and oxygen atoms in total. The lowest BCUT2D eigenvalue weighted by Gasteiger charge is -2.25. The van der Waals surface area contributed by atoms with Gasteiger partial charge in [0, 0.05) is 24.4 Å². The van der Waals surface area contributed by atoms with Crippen molar-refractivity contribution in [3.63, 3.8) is 0 Å². The summed E-state index contributed by atoms with van der Waals surface area (Å²) in [6, 6.07) is 11.4. The number of nitrogens with one attached hydrogen (secondary N) is 3. The van der Waals surface area contributed by atoms with E-state index in [2.05, 4.69) is 34.2 Å². The van der Waals surface area contributed by atoms with Gasteiger partial charge in [0.25, 0.3) is 5.56 Å². The number of aliphatic hydroxyl groups excluding tert-OH is 1. The van der Waals surface area contributed by atoms with E-state index in [0.717, 1.165) is 42.1 Å². The number of nitrogens with zero attached hydrogens (tertiary/aromatic N) is 1. The van der Waals surface area contributed by atoms with E-state index in [9.17, 15) is 28.8 Å². The Morgan fingerprint density at radius 3 is 2.66 bits per heavy atom. The zero-order chi connectivity index (χ0) is 36.1. The van der Waals surface area contributed by atoms with Crippen molar-refractivity contribution in [3.05, 3.63) is 75.1 Å². The molecule has 50 heavy (non-hydrogen) atoms. The van der Waals surface area contributed by atoms with Crippen LogP contribution in [-0.4, -0.2) is 64.5 Å². The molecule has 3 aromatic rings. The first-order valence-electron chi connectivity index (χ1n) is 16.8. The van der Waals surface area contributed by atoms with E-state index in [-0.39, 0.29) is 36.8 Å². The molecule has 1 aliphatic heterocycles. The highest BCUT2D eigenvalue weighted by Gasteiger charge is 2.40. The van der Waals surface area contributed by atoms with Gasteiger partial charge in [-0.15, -0.1) is 0 Å². The topological polar surface area (TPSA) is 187 Å². The monoisotopic (exact) mass is 712 g/mol. The SMILES string of the molecule is CCCCCCCC(=O)NCC#Cc1cn([C@H]2C[C@H](O)[C@@H](COP(=O)(N[C@@H](C)C(=O)OCC)Oc3cccc4ccccc34)O2)c(=O)[nH]c1=O. The van der Waals surface area contributed by atoms with Crippen molar-refractivity contribution in [2.75, 3.05) is 19.8 Å². The molecule has 0 aliphatic carbocycles. The number of amides is 1. The number of aromatic nitrogens is 2. The van der Waals surface area contributed by atoms with Gasteiger partial charge in [0.05, 0.1) is 25.9 Å². The minimum Gasteiger partial charge on any atom is -0.465 e. The third-order valence-electron chi connectivity index (χ3n) is 7.96. The van der Waals surface area contributed by atoms with Gasteiger partial charge in [0.15, 0.2) is 0 Å². The van der Waals surface area contributed by atoms with Crippen molar-refractivity contribution in [2.24, 2.45) is 0 Å². The van der Waals surface area contributed by atoms with E-state index < -0.39 is 56.0 Å². The maximum atomic E-state index is 14.1. The number of esters is 1. The Bertz CT molecular complexity index is 1840. The zero-order valence-electron chi connectivity index (χ0n) is 28.5. The second-order valence-electron chi connectivity index (χ2n) is 11.8. The summed E-state index contributed by atoms with van der Waals surface area (Å²) >= 11 is 0. The highest BCUT2D eigenvalue weighted by atomic mass is 31.2. The molecule has 1 amide bonds. The van der Waals surface area contributed by atoms with E-state index >= 15 is 0 Å². The molecular formula is C35H45N4O10P. The molecule has 2 aromatic carbocycles. The molecule has 2 heterocycles. The van der Waals surface area contributed by atoms with Crippen LogP contribution in [0.1, 0.15) is 77.5 Å². The van der Waals surface area contributed by atoms with Crippen LogP contribution in [-0.2, 0) is 28.2 Å². The number of ether oxygens (including phenoxy) is 2. The quantitative estimate of drug-likeness (QED) is 0.0688. The van der Waals surface area contributed by atoms with Crippen LogP contribution in [0.15, 0.2) is 58.3 Å². The number of unbranched alkanes of at least 4 members (excludes halogenated alkanes) is 4. The Balaban J connectivity index is 1.43. The average molecular weight is 713 g/mol. The number of hydrogen-bond acceptors (Lipinski definition) is 10. The van der Waals surface area contributed by atoms with Crippen molar-refractivity contribution in [1.29, 1.82) is 0 Å². The van der Waals surface area contributed by atoms with Gasteiger partial charge < -0.3 is 24.4 Å². The minimum atomic E-state index is -4.31. The second kappa shape index (κ2) is 18.7. The molecule has 0 bridgehead atoms. The van der Waals surface area contributed by atoms with E-state index in [1.807, 2.05) is 18.2 Å². The first-order valence-corrected chi connectivity index (χ1v) is 18.4. The summed E-state index contributed by atoms with van der Waals surface area (Å²) < 4.78 is 37.8. The highest BCUT2D eigenvalue weighted by Crippen LogP contribution is 2.47. The number of aromatic amines is 1. The molecule has 15 heteroatoms. The van der Waals surface area contributed by atoms with E-state index in [4.69, 9.17) is 18.5 Å². The van der Waals surface area contributed by atoms with Crippen LogP contribution in [0.5, 0.6) is 5.75 Å². The predicted octanol–water partition coefficient (Wildman–Crippen LogP) is 3.91. The molecule has 5 atom stereocenters. The van der Waals surface area contributed by atoms with Crippen LogP contribution in [0.3, 0.4) is 0 Å². The summed E-state index contributed by atoms with van der Waals surface area (Å²) in [4.78, 5) is 51.9. The zero-order valence-corrected chi connectivity index (χ0v) is 29.4. The number of hydrogen-bond donors (Lipinski definition) is 4. The number of benzene rings is 2. The fourth-order valence-electron chi connectivity index (χ4n) is 5.31. The van der Waals surface area contributed by atoms with Crippen molar-refractivity contribution in [3.8, 4) is 17.6 Å². The van der Waals surface area contributed by atoms with Crippen LogP contribution < -0.4 is 26.2 Å². The van der Waals surface area contributed by atoms with Gasteiger partial charge in [-0.2, -0.15) is 5.09 Å². The first kappa shape index (κ1) is 38.6. The lowest BCUT2D eigenvalue weighted by atomic mass is 10.1. The normalized spacial score (nSPS) is 18.8. The Kier molecular flexibility index (Phi) is 14.4. The summed E-state index contributed by atoms with van der Waals surface area (Å²) in [5.41, 5.74) is -1.54. The van der Waals surface area contributed by atoms with Crippen LogP contribution in [0.25, 0.3) is 10.8 Å². The summed E-state index contributed by atoms with van der Waals surface area (Å²) in [5, 5.41) is 17.6. The Hall–Kier alpha value is -4.25. The second-order valence-corrected chi connectivity index (χ2v) is 13.5. The lowest BCUT2D eigenvalue weighted by Crippen LogP contribution is -2.36. The fourth-order valence-corrected chi connectivity index (χ4v) is 6.83. The van der Waals surface area contributed by atoms with Gasteiger partial charge >= 0.3 is 19.4 Å². The first-order chi connectivity index (χ1) is 24.0. The fraction of sp³-hybridized carbons (Fsp3) is 0.486. The van der Waals surface area contributed by atoms with Crippen molar-refractivity contribution < 1.29 is 37.8 Å². The standard InChI is InChI=1S/C35H45N4O10P/c1-4-6-7-8-9-19-31(41)36-20-13-16-26-22-39(35(44)37-33(26)42)32-21-28(40)30(48-32)23-47-50(45,38-24(3)34(43)46-5-2)49-29-18-12-15-25-14-10-11-17-27(25)29/h10-12,14-15,17-18,22,24,28,30,32,40H,4-9,19-21,23H2,1-3H3,(H,36,41)(H,38,45)(H,37,42,44)/t24-,28-,30+,32+,50?/m0/s1. The molecule has 4 rings (SSSR count). The van der Waals surface area contributed by atoms with Crippen molar-refractivity contribution in [1.82, 2.24) is 20.0 Å². The van der Waals surface area contributed by atoms with Crippen molar-refractivity contribution >= 4 is 30.4 Å².